The van der Waals surface area contributed by atoms with Crippen molar-refractivity contribution in [3.05, 3.63) is 47.5 Å². The number of fused-ring (bicyclic) bond motifs is 1. The van der Waals surface area contributed by atoms with Crippen LogP contribution in [0.1, 0.15) is 79.4 Å². The number of hydrogen-bond donors (Lipinski definition) is 0. The fourth-order valence-electron chi connectivity index (χ4n) is 3.63. The van der Waals surface area contributed by atoms with E-state index in [0.29, 0.717) is 12.4 Å². The van der Waals surface area contributed by atoms with Crippen LogP contribution in [-0.4, -0.2) is 33.7 Å². The molecule has 0 aliphatic carbocycles. The van der Waals surface area contributed by atoms with Gasteiger partial charge in [-0.15, -0.1) is 15.0 Å². The summed E-state index contributed by atoms with van der Waals surface area (Å²) in [4.78, 5) is 14.1. The predicted octanol–water partition coefficient (Wildman–Crippen LogP) is 6.13. The predicted molar refractivity (Wildman–Crippen MR) is 132 cm³/mol. The molecule has 0 bridgehead atoms. The summed E-state index contributed by atoms with van der Waals surface area (Å²) in [6.45, 7) is 17.1. The first-order valence-corrected chi connectivity index (χ1v) is 11.9. The van der Waals surface area contributed by atoms with Crippen LogP contribution >= 0.6 is 0 Å². The van der Waals surface area contributed by atoms with Gasteiger partial charge in [-0.2, -0.15) is 0 Å². The quantitative estimate of drug-likeness (QED) is 0.366. The zero-order chi connectivity index (χ0) is 24.4. The number of benzene rings is 2. The lowest BCUT2D eigenvalue weighted by Gasteiger charge is -2.32. The third kappa shape index (κ3) is 5.05. The van der Waals surface area contributed by atoms with Crippen molar-refractivity contribution < 1.29 is 14.3 Å². The van der Waals surface area contributed by atoms with E-state index in [1.807, 2.05) is 24.3 Å². The molecule has 0 saturated heterocycles. The van der Waals surface area contributed by atoms with E-state index in [-0.39, 0.29) is 16.8 Å². The fourth-order valence-corrected chi connectivity index (χ4v) is 3.63. The Hall–Kier alpha value is -2.89. The van der Waals surface area contributed by atoms with E-state index in [2.05, 4.69) is 53.7 Å². The van der Waals surface area contributed by atoms with Crippen molar-refractivity contribution >= 4 is 17.0 Å². The average molecular weight is 452 g/mol. The maximum atomic E-state index is 12.5. The average Bonchev–Trinajstić information content (AvgIpc) is 3.23. The Labute approximate surface area is 197 Å². The van der Waals surface area contributed by atoms with Gasteiger partial charge in [-0.1, -0.05) is 59.7 Å². The smallest absolute Gasteiger partial charge is 0.347 e. The molecule has 0 fully saturated rings. The van der Waals surface area contributed by atoms with Crippen LogP contribution in [0, 0.1) is 0 Å². The van der Waals surface area contributed by atoms with Gasteiger partial charge < -0.3 is 9.47 Å². The minimum Gasteiger partial charge on any atom is -0.476 e. The number of ether oxygens (including phenoxy) is 2. The van der Waals surface area contributed by atoms with Crippen LogP contribution < -0.4 is 4.74 Å². The fraction of sp³-hybridized carbons (Fsp3) is 0.519. The molecule has 2 aromatic carbocycles. The third-order valence-corrected chi connectivity index (χ3v) is 6.76. The number of nitrogens with zero attached hydrogens (tertiary/aromatic N) is 3. The van der Waals surface area contributed by atoms with Gasteiger partial charge in [0.25, 0.3) is 0 Å². The molecule has 0 amide bonds. The summed E-state index contributed by atoms with van der Waals surface area (Å²) in [5.74, 6) is 0.235. The highest BCUT2D eigenvalue weighted by Crippen LogP contribution is 2.42. The molecule has 0 radical (unpaired) electrons. The minimum absolute atomic E-state index is 0.0504. The monoisotopic (exact) mass is 451 g/mol. The third-order valence-electron chi connectivity index (χ3n) is 6.76. The number of aromatic nitrogens is 3. The summed E-state index contributed by atoms with van der Waals surface area (Å²) < 4.78 is 11.6. The molecule has 6 nitrogen and oxygen atoms in total. The molecule has 0 spiro atoms. The molecular formula is C27H37N3O3. The van der Waals surface area contributed by atoms with E-state index in [0.717, 1.165) is 35.1 Å². The van der Waals surface area contributed by atoms with Crippen LogP contribution in [0.2, 0.25) is 0 Å². The van der Waals surface area contributed by atoms with E-state index in [4.69, 9.17) is 19.7 Å². The van der Waals surface area contributed by atoms with Gasteiger partial charge >= 0.3 is 5.97 Å². The van der Waals surface area contributed by atoms with Crippen molar-refractivity contribution in [3.8, 4) is 11.4 Å². The van der Waals surface area contributed by atoms with Crippen LogP contribution in [0.3, 0.4) is 0 Å². The van der Waals surface area contributed by atoms with Crippen LogP contribution in [-0.2, 0) is 20.4 Å². The van der Waals surface area contributed by atoms with E-state index in [1.165, 1.54) is 5.56 Å². The Morgan fingerprint density at radius 3 is 2.06 bits per heavy atom. The Balaban J connectivity index is 2.31. The Bertz CT molecular complexity index is 1100. The Kier molecular flexibility index (Phi) is 7.15. The van der Waals surface area contributed by atoms with Crippen molar-refractivity contribution in [3.63, 3.8) is 0 Å². The summed E-state index contributed by atoms with van der Waals surface area (Å²) in [5.41, 5.74) is 4.33. The van der Waals surface area contributed by atoms with Gasteiger partial charge in [0.15, 0.2) is 11.9 Å². The maximum absolute atomic E-state index is 12.5. The summed E-state index contributed by atoms with van der Waals surface area (Å²) >= 11 is 0. The molecule has 1 atom stereocenters. The topological polar surface area (TPSA) is 66.2 Å². The second kappa shape index (κ2) is 9.54. The first kappa shape index (κ1) is 24.7. The van der Waals surface area contributed by atoms with E-state index in [9.17, 15) is 4.79 Å². The lowest BCUT2D eigenvalue weighted by Crippen LogP contribution is -2.29. The zero-order valence-electron chi connectivity index (χ0n) is 21.2. The highest BCUT2D eigenvalue weighted by atomic mass is 16.6. The van der Waals surface area contributed by atoms with Crippen molar-refractivity contribution in [1.82, 2.24) is 15.0 Å². The molecule has 1 unspecified atom stereocenters. The molecular weight excluding hydrogens is 414 g/mol. The van der Waals surface area contributed by atoms with Gasteiger partial charge in [0.05, 0.1) is 6.61 Å². The zero-order valence-corrected chi connectivity index (χ0v) is 21.2. The summed E-state index contributed by atoms with van der Waals surface area (Å²) in [6.07, 6.45) is 1.12. The number of hydrogen-bond acceptors (Lipinski definition) is 5. The summed E-state index contributed by atoms with van der Waals surface area (Å²) in [5, 5.41) is 9.48. The normalized spacial score (nSPS) is 13.2. The van der Waals surface area contributed by atoms with Gasteiger partial charge in [0.2, 0.25) is 0 Å². The number of carbonyl (C=O) groups is 1. The highest BCUT2D eigenvalue weighted by Gasteiger charge is 2.32. The highest BCUT2D eigenvalue weighted by molar-refractivity contribution is 5.76. The molecule has 1 heterocycles. The molecule has 1 aromatic heterocycles. The van der Waals surface area contributed by atoms with Crippen molar-refractivity contribution in [1.29, 1.82) is 0 Å². The Morgan fingerprint density at radius 1 is 0.970 bits per heavy atom. The van der Waals surface area contributed by atoms with Crippen molar-refractivity contribution in [2.24, 2.45) is 0 Å². The first-order valence-electron chi connectivity index (χ1n) is 11.9. The molecule has 3 aromatic rings. The second-order valence-electron chi connectivity index (χ2n) is 9.84. The molecule has 0 aliphatic heterocycles. The Morgan fingerprint density at radius 2 is 1.55 bits per heavy atom. The minimum atomic E-state index is -0.759. The van der Waals surface area contributed by atoms with E-state index < -0.39 is 6.10 Å². The summed E-state index contributed by atoms with van der Waals surface area (Å²) in [6, 6.07) is 12.1. The number of carbonyl (C=O) groups excluding carboxylic acids is 1. The standard InChI is InChI=1S/C27H37N3O3/c1-9-26(5,6)19-16-20(27(7,8)10-2)24(33-18(4)25(31)32-11-3)23(17-19)30-28-21-14-12-13-15-22(21)29-30/h12-18H,9-11H2,1-8H3. The van der Waals surface area contributed by atoms with E-state index in [1.54, 1.807) is 18.6 Å². The van der Waals surface area contributed by atoms with Crippen molar-refractivity contribution in [2.75, 3.05) is 6.61 Å². The molecule has 33 heavy (non-hydrogen) atoms. The van der Waals surface area contributed by atoms with Gasteiger partial charge in [-0.25, -0.2) is 4.79 Å². The molecule has 0 saturated carbocycles. The maximum Gasteiger partial charge on any atom is 0.347 e. The van der Waals surface area contributed by atoms with Crippen LogP contribution in [0.15, 0.2) is 36.4 Å². The molecule has 0 N–H and O–H groups in total. The lowest BCUT2D eigenvalue weighted by molar-refractivity contribution is -0.150. The molecule has 6 heteroatoms. The number of esters is 1. The second-order valence-corrected chi connectivity index (χ2v) is 9.84. The molecule has 3 rings (SSSR count). The van der Waals surface area contributed by atoms with Crippen molar-refractivity contribution in [2.45, 2.75) is 85.2 Å². The van der Waals surface area contributed by atoms with Gasteiger partial charge in [-0.05, 0) is 61.3 Å². The largest absolute Gasteiger partial charge is 0.476 e. The van der Waals surface area contributed by atoms with Gasteiger partial charge in [-0.3, -0.25) is 0 Å². The summed E-state index contributed by atoms with van der Waals surface area (Å²) in [7, 11) is 0. The lowest BCUT2D eigenvalue weighted by atomic mass is 9.76. The number of rotatable bonds is 9. The first-order chi connectivity index (χ1) is 15.5. The van der Waals surface area contributed by atoms with Crippen LogP contribution in [0.25, 0.3) is 16.7 Å². The molecule has 0 aliphatic rings. The van der Waals surface area contributed by atoms with Crippen LogP contribution in [0.5, 0.6) is 5.75 Å². The van der Waals surface area contributed by atoms with E-state index >= 15 is 0 Å². The van der Waals surface area contributed by atoms with Crippen LogP contribution in [0.4, 0.5) is 0 Å². The van der Waals surface area contributed by atoms with Gasteiger partial charge in [0.1, 0.15) is 16.7 Å². The molecule has 178 valence electrons. The van der Waals surface area contributed by atoms with Gasteiger partial charge in [0, 0.05) is 5.56 Å². The SMILES string of the molecule is CCOC(=O)C(C)Oc1c(-n2nc3ccccc3n2)cc(C(C)(C)CC)cc1C(C)(C)CC.